The van der Waals surface area contributed by atoms with Gasteiger partial charge in [-0.2, -0.15) is 0 Å². The predicted molar refractivity (Wildman–Crippen MR) is 112 cm³/mol. The fourth-order valence-corrected chi connectivity index (χ4v) is 4.35. The van der Waals surface area contributed by atoms with Crippen molar-refractivity contribution in [3.05, 3.63) is 64.5 Å². The first-order chi connectivity index (χ1) is 13.7. The van der Waals surface area contributed by atoms with Crippen LogP contribution in [0.4, 0.5) is 10.9 Å². The lowest BCUT2D eigenvalue weighted by molar-refractivity contribution is -0.120. The van der Waals surface area contributed by atoms with Crippen LogP contribution in [0, 0.1) is 5.92 Å². The number of amides is 1. The minimum absolute atomic E-state index is 0.0103. The third-order valence-electron chi connectivity index (χ3n) is 4.85. The van der Waals surface area contributed by atoms with Gasteiger partial charge in [0.2, 0.25) is 5.91 Å². The third kappa shape index (κ3) is 4.48. The summed E-state index contributed by atoms with van der Waals surface area (Å²) in [4.78, 5) is 28.7. The van der Waals surface area contributed by atoms with E-state index in [1.807, 2.05) is 24.3 Å². The molecule has 2 aromatic heterocycles. The zero-order chi connectivity index (χ0) is 19.3. The van der Waals surface area contributed by atoms with Gasteiger partial charge in [-0.05, 0) is 24.5 Å². The van der Waals surface area contributed by atoms with Crippen LogP contribution in [0.25, 0.3) is 0 Å². The van der Waals surface area contributed by atoms with Crippen molar-refractivity contribution < 1.29 is 4.79 Å². The number of hydrogen-bond acceptors (Lipinski definition) is 6. The first kappa shape index (κ1) is 18.8. The second-order valence-corrected chi connectivity index (χ2v) is 8.24. The number of benzene rings is 1. The lowest BCUT2D eigenvalue weighted by atomic mass is 9.96. The molecule has 4 rings (SSSR count). The minimum atomic E-state index is -0.0103. The highest BCUT2D eigenvalue weighted by molar-refractivity contribution is 7.15. The van der Waals surface area contributed by atoms with Gasteiger partial charge in [0.05, 0.1) is 6.20 Å². The third-order valence-corrected chi connectivity index (χ3v) is 6.13. The number of nitrogens with zero attached hydrogens (tertiary/aromatic N) is 4. The fraction of sp³-hybridized carbons (Fsp3) is 0.300. The van der Waals surface area contributed by atoms with Crippen molar-refractivity contribution >= 4 is 39.8 Å². The first-order valence-electron chi connectivity index (χ1n) is 9.19. The van der Waals surface area contributed by atoms with Gasteiger partial charge in [0, 0.05) is 53.9 Å². The maximum absolute atomic E-state index is 12.6. The van der Waals surface area contributed by atoms with E-state index in [4.69, 9.17) is 11.6 Å². The molecule has 3 heterocycles. The maximum Gasteiger partial charge on any atom is 0.229 e. The van der Waals surface area contributed by atoms with Crippen LogP contribution in [0.1, 0.15) is 23.3 Å². The summed E-state index contributed by atoms with van der Waals surface area (Å²) >= 11 is 7.72. The minimum Gasteiger partial charge on any atom is -0.355 e. The summed E-state index contributed by atoms with van der Waals surface area (Å²) in [7, 11) is 0. The summed E-state index contributed by atoms with van der Waals surface area (Å²) in [5.74, 6) is 0.895. The molecule has 1 aliphatic heterocycles. The van der Waals surface area contributed by atoms with Gasteiger partial charge >= 0.3 is 0 Å². The topological polar surface area (TPSA) is 71.0 Å². The van der Waals surface area contributed by atoms with Gasteiger partial charge in [-0.15, -0.1) is 11.3 Å². The Hall–Kier alpha value is -2.51. The molecule has 6 nitrogen and oxygen atoms in total. The van der Waals surface area contributed by atoms with Gasteiger partial charge in [0.1, 0.15) is 5.82 Å². The van der Waals surface area contributed by atoms with Crippen LogP contribution in [0.5, 0.6) is 0 Å². The Morgan fingerprint density at radius 1 is 1.18 bits per heavy atom. The number of piperidine rings is 1. The predicted octanol–water partition coefficient (Wildman–Crippen LogP) is 4.03. The van der Waals surface area contributed by atoms with Crippen molar-refractivity contribution in [1.29, 1.82) is 0 Å². The molecule has 1 N–H and O–H groups in total. The molecule has 0 radical (unpaired) electrons. The number of carbonyl (C=O) groups excluding carboxylic acids is 1. The van der Waals surface area contributed by atoms with Gasteiger partial charge in [0.15, 0.2) is 5.13 Å². The van der Waals surface area contributed by atoms with Crippen molar-refractivity contribution in [2.75, 3.05) is 23.3 Å². The summed E-state index contributed by atoms with van der Waals surface area (Å²) < 4.78 is 0. The van der Waals surface area contributed by atoms with Gasteiger partial charge in [-0.25, -0.2) is 9.97 Å². The van der Waals surface area contributed by atoms with Crippen LogP contribution in [0.15, 0.2) is 49.1 Å². The molecular weight excluding hydrogens is 394 g/mol. The smallest absolute Gasteiger partial charge is 0.229 e. The Morgan fingerprint density at radius 2 is 2.00 bits per heavy atom. The van der Waals surface area contributed by atoms with E-state index >= 15 is 0 Å². The van der Waals surface area contributed by atoms with Gasteiger partial charge in [0.25, 0.3) is 0 Å². The molecule has 0 atom stereocenters. The summed E-state index contributed by atoms with van der Waals surface area (Å²) in [6.07, 6.45) is 9.22. The van der Waals surface area contributed by atoms with Crippen molar-refractivity contribution in [3.63, 3.8) is 0 Å². The van der Waals surface area contributed by atoms with E-state index in [9.17, 15) is 4.79 Å². The molecule has 3 aromatic rings. The van der Waals surface area contributed by atoms with E-state index in [0.717, 1.165) is 47.2 Å². The highest BCUT2D eigenvalue weighted by Gasteiger charge is 2.26. The normalized spacial score (nSPS) is 14.8. The summed E-state index contributed by atoms with van der Waals surface area (Å²) in [6.45, 7) is 1.60. The zero-order valence-corrected chi connectivity index (χ0v) is 16.8. The van der Waals surface area contributed by atoms with Crippen molar-refractivity contribution in [1.82, 2.24) is 15.0 Å². The largest absolute Gasteiger partial charge is 0.355 e. The number of aromatic nitrogens is 3. The van der Waals surface area contributed by atoms with E-state index in [-0.39, 0.29) is 11.8 Å². The molecule has 1 amide bonds. The Balaban J connectivity index is 1.31. The van der Waals surface area contributed by atoms with Crippen molar-refractivity contribution in [2.24, 2.45) is 5.92 Å². The standard InChI is InChI=1S/C20H20ClN5OS/c21-17-4-2-1-3-15(17)11-16-12-24-20(28-16)25-19(27)14-5-9-26(10-6-14)18-13-22-7-8-23-18/h1-4,7-8,12-14H,5-6,9-11H2,(H,24,25,27). The van der Waals surface area contributed by atoms with Crippen LogP contribution < -0.4 is 10.2 Å². The monoisotopic (exact) mass is 413 g/mol. The molecule has 0 saturated carbocycles. The molecule has 1 aliphatic rings. The van der Waals surface area contributed by atoms with Crippen LogP contribution in [0.2, 0.25) is 5.02 Å². The molecule has 144 valence electrons. The maximum atomic E-state index is 12.6. The van der Waals surface area contributed by atoms with Gasteiger partial charge in [-0.3, -0.25) is 9.78 Å². The lowest BCUT2D eigenvalue weighted by Crippen LogP contribution is -2.38. The summed E-state index contributed by atoms with van der Waals surface area (Å²) in [5.41, 5.74) is 1.06. The van der Waals surface area contributed by atoms with E-state index in [1.54, 1.807) is 24.8 Å². The van der Waals surface area contributed by atoms with Crippen LogP contribution in [-0.2, 0) is 11.2 Å². The molecule has 28 heavy (non-hydrogen) atoms. The highest BCUT2D eigenvalue weighted by Crippen LogP contribution is 2.26. The zero-order valence-electron chi connectivity index (χ0n) is 15.2. The lowest BCUT2D eigenvalue weighted by Gasteiger charge is -2.31. The Morgan fingerprint density at radius 3 is 2.75 bits per heavy atom. The van der Waals surface area contributed by atoms with E-state index in [1.165, 1.54) is 11.3 Å². The van der Waals surface area contributed by atoms with E-state index < -0.39 is 0 Å². The number of anilines is 2. The molecule has 0 aliphatic carbocycles. The molecule has 0 unspecified atom stereocenters. The number of thiazole rings is 1. The molecule has 8 heteroatoms. The average molecular weight is 414 g/mol. The molecule has 1 fully saturated rings. The highest BCUT2D eigenvalue weighted by atomic mass is 35.5. The van der Waals surface area contributed by atoms with Gasteiger partial charge < -0.3 is 10.2 Å². The quantitative estimate of drug-likeness (QED) is 0.683. The molecule has 1 saturated heterocycles. The van der Waals surface area contributed by atoms with Crippen molar-refractivity contribution in [3.8, 4) is 0 Å². The van der Waals surface area contributed by atoms with Crippen LogP contribution in [-0.4, -0.2) is 33.9 Å². The summed E-state index contributed by atoms with van der Waals surface area (Å²) in [6, 6.07) is 7.78. The van der Waals surface area contributed by atoms with E-state index in [0.29, 0.717) is 11.6 Å². The molecule has 0 bridgehead atoms. The Bertz CT molecular complexity index is 941. The number of rotatable bonds is 5. The fourth-order valence-electron chi connectivity index (χ4n) is 3.31. The summed E-state index contributed by atoms with van der Waals surface area (Å²) in [5, 5.41) is 4.36. The average Bonchev–Trinajstić information content (AvgIpc) is 3.17. The van der Waals surface area contributed by atoms with Crippen LogP contribution in [0.3, 0.4) is 0 Å². The van der Waals surface area contributed by atoms with Crippen LogP contribution >= 0.6 is 22.9 Å². The Kier molecular flexibility index (Phi) is 5.83. The second-order valence-electron chi connectivity index (χ2n) is 6.71. The number of halogens is 1. The van der Waals surface area contributed by atoms with Crippen molar-refractivity contribution in [2.45, 2.75) is 19.3 Å². The second kappa shape index (κ2) is 8.67. The SMILES string of the molecule is O=C(Nc1ncc(Cc2ccccc2Cl)s1)C1CCN(c2cnccn2)CC1. The molecular formula is C20H20ClN5OS. The Labute approximate surface area is 172 Å². The van der Waals surface area contributed by atoms with Gasteiger partial charge in [-0.1, -0.05) is 29.8 Å². The number of nitrogens with one attached hydrogen (secondary N) is 1. The molecule has 1 aromatic carbocycles. The van der Waals surface area contributed by atoms with E-state index in [2.05, 4.69) is 25.2 Å². The first-order valence-corrected chi connectivity index (χ1v) is 10.4. The number of hydrogen-bond donors (Lipinski definition) is 1. The molecule has 0 spiro atoms. The number of carbonyl (C=O) groups is 1.